The highest BCUT2D eigenvalue weighted by Gasteiger charge is 2.59. The topological polar surface area (TPSA) is 112 Å². The highest BCUT2D eigenvalue weighted by molar-refractivity contribution is 5.94. The van der Waals surface area contributed by atoms with E-state index in [1.165, 1.54) is 12.1 Å². The van der Waals surface area contributed by atoms with Crippen LogP contribution in [0, 0.1) is 17.7 Å². The Morgan fingerprint density at radius 1 is 1.05 bits per heavy atom. The Labute approximate surface area is 219 Å². The van der Waals surface area contributed by atoms with E-state index in [0.29, 0.717) is 41.9 Å². The minimum atomic E-state index is -0.606. The fourth-order valence-corrected chi connectivity index (χ4v) is 5.03. The van der Waals surface area contributed by atoms with E-state index in [4.69, 9.17) is 15.5 Å². The number of amides is 1. The number of rotatable bonds is 6. The van der Waals surface area contributed by atoms with E-state index >= 15 is 0 Å². The summed E-state index contributed by atoms with van der Waals surface area (Å²) in [5.74, 6) is 1.05. The molecule has 2 N–H and O–H groups in total. The van der Waals surface area contributed by atoms with Crippen LogP contribution >= 0.6 is 0 Å². The van der Waals surface area contributed by atoms with Crippen molar-refractivity contribution < 1.29 is 13.9 Å². The van der Waals surface area contributed by atoms with Crippen molar-refractivity contribution in [2.75, 3.05) is 13.1 Å². The molecule has 2 aliphatic rings. The van der Waals surface area contributed by atoms with E-state index in [-0.39, 0.29) is 29.7 Å². The molecule has 3 atom stereocenters. The number of nitrogens with zero attached hydrogens (tertiary/aromatic N) is 6. The third kappa shape index (κ3) is 4.51. The number of ether oxygens (including phenoxy) is 1. The van der Waals surface area contributed by atoms with Gasteiger partial charge in [0.1, 0.15) is 23.3 Å². The zero-order chi connectivity index (χ0) is 26.6. The Morgan fingerprint density at radius 2 is 1.74 bits per heavy atom. The van der Waals surface area contributed by atoms with E-state index in [1.54, 1.807) is 48.4 Å². The monoisotopic (exact) mass is 513 g/mol. The molecule has 0 bridgehead atoms. The van der Waals surface area contributed by atoms with Gasteiger partial charge in [-0.2, -0.15) is 5.10 Å². The molecule has 1 aliphatic carbocycles. The maximum Gasteiger partial charge on any atom is 0.272 e. The summed E-state index contributed by atoms with van der Waals surface area (Å²) in [6, 6.07) is 13.5. The molecule has 4 aromatic rings. The van der Waals surface area contributed by atoms with Gasteiger partial charge >= 0.3 is 0 Å². The van der Waals surface area contributed by atoms with Crippen LogP contribution in [0.1, 0.15) is 29.9 Å². The van der Waals surface area contributed by atoms with E-state index in [9.17, 15) is 9.18 Å². The number of fused-ring (bicyclic) bond motifs is 1. The van der Waals surface area contributed by atoms with Crippen molar-refractivity contribution >= 4 is 5.91 Å². The lowest BCUT2D eigenvalue weighted by atomic mass is 9.95. The van der Waals surface area contributed by atoms with Crippen LogP contribution in [-0.4, -0.2) is 54.7 Å². The van der Waals surface area contributed by atoms with Crippen molar-refractivity contribution in [1.29, 1.82) is 0 Å². The number of hydrogen-bond acceptors (Lipinski definition) is 7. The van der Waals surface area contributed by atoms with Crippen molar-refractivity contribution in [2.24, 2.45) is 24.6 Å². The number of carbonyl (C=O) groups excluding carboxylic acids is 1. The molecule has 194 valence electrons. The standard InChI is InChI=1S/C28H28FN7O2/c1-28(2,30)17-11-21(16-5-7-18(29)8-6-16)33-24(12-17)38-25-19-14-36(15-20(19)25)27(37)23-13-22(34-35(23)3)26-31-9-4-10-32-26/h4-13,19-20,25H,14-15,30H2,1-3H3/t19-,20+,25?. The summed E-state index contributed by atoms with van der Waals surface area (Å²) in [6.45, 7) is 5.04. The summed E-state index contributed by atoms with van der Waals surface area (Å²) in [6.07, 6.45) is 3.27. The fraction of sp³-hybridized carbons (Fsp3) is 0.321. The van der Waals surface area contributed by atoms with Crippen LogP contribution in [-0.2, 0) is 12.6 Å². The number of piperidine rings is 1. The normalized spacial score (nSPS) is 20.3. The molecule has 4 heterocycles. The smallest absolute Gasteiger partial charge is 0.272 e. The Morgan fingerprint density at radius 3 is 2.39 bits per heavy atom. The van der Waals surface area contributed by atoms with Crippen LogP contribution in [0.4, 0.5) is 4.39 Å². The quantitative estimate of drug-likeness (QED) is 0.420. The van der Waals surface area contributed by atoms with Gasteiger partial charge in [-0.15, -0.1) is 0 Å². The fourth-order valence-electron chi connectivity index (χ4n) is 5.03. The molecule has 6 rings (SSSR count). The van der Waals surface area contributed by atoms with E-state index in [1.807, 2.05) is 30.9 Å². The second kappa shape index (κ2) is 8.98. The van der Waals surface area contributed by atoms with Crippen LogP contribution in [0.25, 0.3) is 22.8 Å². The number of halogens is 1. The van der Waals surface area contributed by atoms with Crippen LogP contribution < -0.4 is 10.5 Å². The summed E-state index contributed by atoms with van der Waals surface area (Å²) >= 11 is 0. The molecule has 38 heavy (non-hydrogen) atoms. The second-order valence-electron chi connectivity index (χ2n) is 10.5. The molecule has 3 aromatic heterocycles. The van der Waals surface area contributed by atoms with Crippen LogP contribution in [0.3, 0.4) is 0 Å². The van der Waals surface area contributed by atoms with Crippen LogP contribution in [0.2, 0.25) is 0 Å². The van der Waals surface area contributed by atoms with E-state index in [0.717, 1.165) is 11.1 Å². The molecular weight excluding hydrogens is 485 g/mol. The highest BCUT2D eigenvalue weighted by Crippen LogP contribution is 2.48. The maximum atomic E-state index is 13.5. The van der Waals surface area contributed by atoms with Gasteiger partial charge in [-0.05, 0) is 55.8 Å². The third-order valence-electron chi connectivity index (χ3n) is 7.24. The maximum absolute atomic E-state index is 13.5. The molecule has 0 spiro atoms. The first-order valence-electron chi connectivity index (χ1n) is 12.5. The Kier molecular flexibility index (Phi) is 5.71. The lowest BCUT2D eigenvalue weighted by molar-refractivity contribution is 0.0740. The molecule has 1 aromatic carbocycles. The largest absolute Gasteiger partial charge is 0.474 e. The van der Waals surface area contributed by atoms with Crippen molar-refractivity contribution in [1.82, 2.24) is 29.6 Å². The van der Waals surface area contributed by atoms with Crippen molar-refractivity contribution in [3.05, 3.63) is 78.0 Å². The molecule has 1 amide bonds. The number of nitrogens with two attached hydrogens (primary N) is 1. The number of aromatic nitrogens is 5. The van der Waals surface area contributed by atoms with Gasteiger partial charge in [-0.3, -0.25) is 9.48 Å². The average molecular weight is 514 g/mol. The summed E-state index contributed by atoms with van der Waals surface area (Å²) in [7, 11) is 1.75. The number of carbonyl (C=O) groups is 1. The first kappa shape index (κ1) is 24.2. The van der Waals surface area contributed by atoms with Crippen molar-refractivity contribution in [3.8, 4) is 28.7 Å². The Bertz CT molecular complexity index is 1490. The van der Waals surface area contributed by atoms with E-state index in [2.05, 4.69) is 15.1 Å². The minimum Gasteiger partial charge on any atom is -0.474 e. The molecule has 9 nitrogen and oxygen atoms in total. The molecule has 1 saturated heterocycles. The summed E-state index contributed by atoms with van der Waals surface area (Å²) in [5, 5.41) is 4.42. The van der Waals surface area contributed by atoms with Gasteiger partial charge in [0.2, 0.25) is 5.88 Å². The van der Waals surface area contributed by atoms with Crippen LogP contribution in [0.5, 0.6) is 5.88 Å². The van der Waals surface area contributed by atoms with Gasteiger partial charge in [0.15, 0.2) is 5.82 Å². The van der Waals surface area contributed by atoms with E-state index < -0.39 is 5.54 Å². The lowest BCUT2D eigenvalue weighted by Crippen LogP contribution is -2.34. The van der Waals surface area contributed by atoms with Crippen molar-refractivity contribution in [2.45, 2.75) is 25.5 Å². The first-order chi connectivity index (χ1) is 18.2. The van der Waals surface area contributed by atoms with Crippen molar-refractivity contribution in [3.63, 3.8) is 0 Å². The molecule has 1 unspecified atom stereocenters. The van der Waals surface area contributed by atoms with Gasteiger partial charge < -0.3 is 15.4 Å². The number of likely N-dealkylation sites (tertiary alicyclic amines) is 1. The number of benzene rings is 1. The molecular formula is C28H28FN7O2. The number of pyridine rings is 1. The van der Waals surface area contributed by atoms with Gasteiger partial charge in [-0.25, -0.2) is 19.3 Å². The van der Waals surface area contributed by atoms with Gasteiger partial charge in [0, 0.05) is 67.6 Å². The minimum absolute atomic E-state index is 0.0245. The molecule has 1 aliphatic heterocycles. The Balaban J connectivity index is 1.16. The zero-order valence-corrected chi connectivity index (χ0v) is 21.4. The number of aryl methyl sites for hydroxylation is 1. The Hall–Kier alpha value is -4.18. The van der Waals surface area contributed by atoms with Gasteiger partial charge in [0.05, 0.1) is 5.69 Å². The van der Waals surface area contributed by atoms with Crippen LogP contribution in [0.15, 0.2) is 60.9 Å². The average Bonchev–Trinajstić information content (AvgIpc) is 3.22. The van der Waals surface area contributed by atoms with Gasteiger partial charge in [-0.1, -0.05) is 0 Å². The molecule has 2 fully saturated rings. The summed E-state index contributed by atoms with van der Waals surface area (Å²) in [5.41, 5.74) is 9.17. The lowest BCUT2D eigenvalue weighted by Gasteiger charge is -2.22. The summed E-state index contributed by atoms with van der Waals surface area (Å²) in [4.78, 5) is 28.2. The predicted octanol–water partition coefficient (Wildman–Crippen LogP) is 3.42. The third-order valence-corrected chi connectivity index (χ3v) is 7.24. The first-order valence-corrected chi connectivity index (χ1v) is 12.5. The van der Waals surface area contributed by atoms with Gasteiger partial charge in [0.25, 0.3) is 5.91 Å². The zero-order valence-electron chi connectivity index (χ0n) is 21.4. The second-order valence-corrected chi connectivity index (χ2v) is 10.5. The number of hydrogen-bond donors (Lipinski definition) is 1. The molecule has 0 radical (unpaired) electrons. The SMILES string of the molecule is Cn1nc(-c2ncccn2)cc1C(=O)N1C[C@@H]2C(Oc3cc(C(C)(C)N)cc(-c4ccc(F)cc4)n3)[C@@H]2C1. The molecule has 1 saturated carbocycles. The summed E-state index contributed by atoms with van der Waals surface area (Å²) < 4.78 is 21.4. The predicted molar refractivity (Wildman–Crippen MR) is 138 cm³/mol. The molecule has 10 heteroatoms. The highest BCUT2D eigenvalue weighted by atomic mass is 19.1.